The number of halogens is 4. The Balaban J connectivity index is 1.26. The van der Waals surface area contributed by atoms with Crippen LogP contribution >= 0.6 is 0 Å². The molecular formula is C32H31F4N5O2. The minimum Gasteiger partial charge on any atom is -0.508 e. The Labute approximate surface area is 245 Å². The van der Waals surface area contributed by atoms with Crippen LogP contribution in [0.4, 0.5) is 23.2 Å². The van der Waals surface area contributed by atoms with E-state index in [0.29, 0.717) is 36.3 Å². The molecule has 11 heteroatoms. The van der Waals surface area contributed by atoms with Crippen LogP contribution in [0.15, 0.2) is 36.4 Å². The van der Waals surface area contributed by atoms with Crippen molar-refractivity contribution in [3.05, 3.63) is 53.8 Å². The summed E-state index contributed by atoms with van der Waals surface area (Å²) in [5.41, 5.74) is 0.184. The van der Waals surface area contributed by atoms with Crippen LogP contribution in [0.2, 0.25) is 0 Å². The molecule has 4 fully saturated rings. The number of hydrogen-bond donors (Lipinski definition) is 2. The highest BCUT2D eigenvalue weighted by atomic mass is 19.2. The van der Waals surface area contributed by atoms with Crippen LogP contribution in [0.3, 0.4) is 0 Å². The van der Waals surface area contributed by atoms with Crippen molar-refractivity contribution < 1.29 is 27.4 Å². The molecule has 4 aromatic rings. The van der Waals surface area contributed by atoms with Gasteiger partial charge in [0.25, 0.3) is 0 Å². The lowest BCUT2D eigenvalue weighted by atomic mass is 9.95. The molecule has 7 nitrogen and oxygen atoms in total. The number of aromatic nitrogens is 2. The molecule has 4 aliphatic heterocycles. The highest BCUT2D eigenvalue weighted by Crippen LogP contribution is 2.42. The third kappa shape index (κ3) is 4.47. The number of phenols is 1. The van der Waals surface area contributed by atoms with Gasteiger partial charge in [-0.3, -0.25) is 4.90 Å². The van der Waals surface area contributed by atoms with Crippen LogP contribution in [0.5, 0.6) is 11.6 Å². The van der Waals surface area contributed by atoms with Gasteiger partial charge in [-0.15, -0.1) is 0 Å². The van der Waals surface area contributed by atoms with Gasteiger partial charge >= 0.3 is 0 Å². The summed E-state index contributed by atoms with van der Waals surface area (Å²) in [4.78, 5) is 13.6. The molecule has 0 radical (unpaired) electrons. The average Bonchev–Trinajstić information content (AvgIpc) is 3.63. The van der Waals surface area contributed by atoms with Crippen molar-refractivity contribution in [2.75, 3.05) is 37.7 Å². The average molecular weight is 594 g/mol. The molecule has 2 N–H and O–H groups in total. The number of pyridine rings is 2. The molecule has 43 heavy (non-hydrogen) atoms. The molecule has 2 unspecified atom stereocenters. The molecule has 224 valence electrons. The number of aromatic hydroxyl groups is 1. The molecular weight excluding hydrogens is 562 g/mol. The summed E-state index contributed by atoms with van der Waals surface area (Å²) >= 11 is 0. The van der Waals surface area contributed by atoms with E-state index in [0.717, 1.165) is 57.1 Å². The van der Waals surface area contributed by atoms with Gasteiger partial charge in [-0.1, -0.05) is 6.07 Å². The number of alkyl halides is 1. The maximum Gasteiger partial charge on any atom is 0.217 e. The molecule has 2 aromatic heterocycles. The number of fused-ring (bicyclic) bond motifs is 5. The van der Waals surface area contributed by atoms with E-state index in [2.05, 4.69) is 25.1 Å². The van der Waals surface area contributed by atoms with Gasteiger partial charge in [-0.2, -0.15) is 4.98 Å². The SMILES string of the molecule is Oc1cc(-c2nc3nc(OC[C@@]45CCCN4C[C@H](F)C5)cc(N4CC5CCC(C4)N5)c3cc2F)c2c(F)c(F)ccc2c1. The summed E-state index contributed by atoms with van der Waals surface area (Å²) < 4.78 is 66.0. The zero-order valence-electron chi connectivity index (χ0n) is 23.4. The predicted molar refractivity (Wildman–Crippen MR) is 155 cm³/mol. The summed E-state index contributed by atoms with van der Waals surface area (Å²) in [7, 11) is 0. The Morgan fingerprint density at radius 2 is 1.81 bits per heavy atom. The summed E-state index contributed by atoms with van der Waals surface area (Å²) in [6.07, 6.45) is 3.45. The molecule has 8 rings (SSSR count). The Hall–Kier alpha value is -3.70. The first-order chi connectivity index (χ1) is 20.8. The lowest BCUT2D eigenvalue weighted by Gasteiger charge is -2.35. The number of rotatable bonds is 5. The fraction of sp³-hybridized carbons (Fsp3) is 0.438. The van der Waals surface area contributed by atoms with E-state index in [1.54, 1.807) is 0 Å². The van der Waals surface area contributed by atoms with Crippen molar-refractivity contribution in [1.29, 1.82) is 0 Å². The summed E-state index contributed by atoms with van der Waals surface area (Å²) in [6.45, 7) is 2.96. The number of nitrogens with zero attached hydrogens (tertiary/aromatic N) is 4. The second kappa shape index (κ2) is 9.92. The summed E-state index contributed by atoms with van der Waals surface area (Å²) in [5, 5.41) is 14.5. The fourth-order valence-corrected chi connectivity index (χ4v) is 7.83. The van der Waals surface area contributed by atoms with Crippen LogP contribution in [-0.2, 0) is 0 Å². The van der Waals surface area contributed by atoms with Gasteiger partial charge in [0.1, 0.15) is 30.0 Å². The number of benzene rings is 2. The summed E-state index contributed by atoms with van der Waals surface area (Å²) in [5.74, 6) is -2.94. The van der Waals surface area contributed by atoms with Crippen LogP contribution in [0.1, 0.15) is 32.1 Å². The van der Waals surface area contributed by atoms with Crippen LogP contribution in [0.25, 0.3) is 33.1 Å². The van der Waals surface area contributed by atoms with Crippen molar-refractivity contribution >= 4 is 27.5 Å². The van der Waals surface area contributed by atoms with E-state index in [1.165, 1.54) is 24.3 Å². The standard InChI is InChI=1S/C32H31F4N5O2/c33-18-12-32(6-1-7-41(32)13-18)16-43-27-11-26(40-14-19-3-4-20(15-40)37-19)22-10-25(35)30(39-31(22)38-27)23-9-21(42)8-17-2-5-24(34)29(36)28(17)23/h2,5,8-11,18-20,37,42H,1,3-4,6-7,12-16H2/t18-,19?,20?,32+/m1/s1. The van der Waals surface area contributed by atoms with Crippen molar-refractivity contribution in [1.82, 2.24) is 20.2 Å². The van der Waals surface area contributed by atoms with E-state index >= 15 is 8.78 Å². The number of ether oxygens (including phenoxy) is 1. The van der Waals surface area contributed by atoms with Crippen LogP contribution < -0.4 is 15.0 Å². The van der Waals surface area contributed by atoms with Gasteiger partial charge in [0.05, 0.1) is 11.2 Å². The second-order valence-corrected chi connectivity index (χ2v) is 12.5. The molecule has 0 saturated carbocycles. The van der Waals surface area contributed by atoms with Gasteiger partial charge < -0.3 is 20.1 Å². The van der Waals surface area contributed by atoms with Crippen LogP contribution in [0, 0.1) is 17.5 Å². The van der Waals surface area contributed by atoms with Gasteiger partial charge in [0.2, 0.25) is 5.88 Å². The van der Waals surface area contributed by atoms with Gasteiger partial charge in [0, 0.05) is 60.5 Å². The maximum absolute atomic E-state index is 16.0. The quantitative estimate of drug-likeness (QED) is 0.298. The first-order valence-corrected chi connectivity index (χ1v) is 14.9. The third-order valence-corrected chi connectivity index (χ3v) is 9.76. The first-order valence-electron chi connectivity index (χ1n) is 14.9. The lowest BCUT2D eigenvalue weighted by molar-refractivity contribution is 0.111. The molecule has 6 heterocycles. The topological polar surface area (TPSA) is 73.8 Å². The molecule has 4 atom stereocenters. The molecule has 0 amide bonds. The van der Waals surface area contributed by atoms with Gasteiger partial charge in [-0.05, 0) is 61.9 Å². The zero-order chi connectivity index (χ0) is 29.5. The van der Waals surface area contributed by atoms with E-state index in [-0.39, 0.29) is 45.6 Å². The number of piperazine rings is 1. The third-order valence-electron chi connectivity index (χ3n) is 9.76. The molecule has 4 saturated heterocycles. The summed E-state index contributed by atoms with van der Waals surface area (Å²) in [6, 6.07) is 8.51. The number of phenolic OH excluding ortho intramolecular Hbond substituents is 1. The Morgan fingerprint density at radius 3 is 2.63 bits per heavy atom. The minimum atomic E-state index is -1.15. The Kier molecular flexibility index (Phi) is 6.20. The van der Waals surface area contributed by atoms with E-state index in [1.807, 2.05) is 6.07 Å². The number of hydrogen-bond acceptors (Lipinski definition) is 7. The Bertz CT molecular complexity index is 1760. The predicted octanol–water partition coefficient (Wildman–Crippen LogP) is 5.47. The largest absolute Gasteiger partial charge is 0.508 e. The lowest BCUT2D eigenvalue weighted by Crippen LogP contribution is -2.51. The van der Waals surface area contributed by atoms with Gasteiger partial charge in [0.15, 0.2) is 17.3 Å². The molecule has 0 spiro atoms. The van der Waals surface area contributed by atoms with Crippen molar-refractivity contribution in [2.24, 2.45) is 0 Å². The van der Waals surface area contributed by atoms with E-state index < -0.39 is 23.6 Å². The first kappa shape index (κ1) is 26.9. The molecule has 2 bridgehead atoms. The second-order valence-electron chi connectivity index (χ2n) is 12.5. The molecule has 2 aromatic carbocycles. The number of anilines is 1. The van der Waals surface area contributed by atoms with Gasteiger partial charge in [-0.25, -0.2) is 22.5 Å². The monoisotopic (exact) mass is 593 g/mol. The normalized spacial score (nSPS) is 27.0. The van der Waals surface area contributed by atoms with Crippen molar-refractivity contribution in [3.63, 3.8) is 0 Å². The fourth-order valence-electron chi connectivity index (χ4n) is 7.83. The zero-order valence-corrected chi connectivity index (χ0v) is 23.4. The maximum atomic E-state index is 16.0. The van der Waals surface area contributed by atoms with E-state index in [9.17, 15) is 13.9 Å². The van der Waals surface area contributed by atoms with Crippen molar-refractivity contribution in [3.8, 4) is 22.9 Å². The molecule has 0 aliphatic carbocycles. The van der Waals surface area contributed by atoms with Crippen LogP contribution in [-0.4, -0.2) is 76.6 Å². The highest BCUT2D eigenvalue weighted by Gasteiger charge is 2.49. The Morgan fingerprint density at radius 1 is 1.00 bits per heavy atom. The number of nitrogens with one attached hydrogen (secondary N) is 1. The van der Waals surface area contributed by atoms with E-state index in [4.69, 9.17) is 4.74 Å². The highest BCUT2D eigenvalue weighted by molar-refractivity contribution is 5.99. The smallest absolute Gasteiger partial charge is 0.217 e. The van der Waals surface area contributed by atoms with Crippen molar-refractivity contribution in [2.45, 2.75) is 55.9 Å². The minimum absolute atomic E-state index is 0.0817. The molecule has 4 aliphatic rings.